The van der Waals surface area contributed by atoms with Crippen molar-refractivity contribution in [3.63, 3.8) is 0 Å². The monoisotopic (exact) mass is 1790 g/mol. The molecule has 8 aliphatic heterocycles. The van der Waals surface area contributed by atoms with Crippen molar-refractivity contribution in [2.45, 2.75) is 189 Å². The van der Waals surface area contributed by atoms with Gasteiger partial charge in [-0.2, -0.15) is 0 Å². The average Bonchev–Trinajstić information content (AvgIpc) is 1.58. The molecule has 8 aromatic rings. The number of ether oxygens (including phenoxy) is 4. The molecule has 16 rings (SSSR count). The number of carbonyl (C=O) groups excluding carboxylic acids is 4. The van der Waals surface area contributed by atoms with Gasteiger partial charge in [-0.25, -0.2) is 9.97 Å². The van der Waals surface area contributed by atoms with Crippen LogP contribution in [0.3, 0.4) is 0 Å². The molecule has 4 aromatic carbocycles. The fraction of sp³-hybridized carbons (Fsp3) is 0.500. The second kappa shape index (κ2) is 43.9. The van der Waals surface area contributed by atoms with E-state index in [1.807, 2.05) is 130 Å². The molecular weight excluding hydrogens is 1670 g/mol. The molecule has 0 saturated carbocycles. The lowest BCUT2D eigenvalue weighted by molar-refractivity contribution is -0.134. The van der Waals surface area contributed by atoms with Crippen LogP contribution in [0.5, 0.6) is 0 Å². The molecule has 4 unspecified atom stereocenters. The van der Waals surface area contributed by atoms with Crippen LogP contribution in [0.4, 0.5) is 22.9 Å². The van der Waals surface area contributed by atoms with E-state index in [0.29, 0.717) is 142 Å². The fourth-order valence-electron chi connectivity index (χ4n) is 17.4. The number of hydrogen-bond donors (Lipinski definition) is 4. The maximum Gasteiger partial charge on any atom is 0.239 e. The molecule has 12 heterocycles. The number of benzene rings is 4. The van der Waals surface area contributed by atoms with Gasteiger partial charge in [-0.15, -0.1) is 0 Å². The Labute approximate surface area is 756 Å². The van der Waals surface area contributed by atoms with Gasteiger partial charge >= 0.3 is 0 Å². The van der Waals surface area contributed by atoms with Crippen LogP contribution < -0.4 is 41.3 Å². The van der Waals surface area contributed by atoms with E-state index in [9.17, 15) is 19.2 Å². The maximum absolute atomic E-state index is 13.6. The van der Waals surface area contributed by atoms with Gasteiger partial charge in [0.15, 0.2) is 0 Å². The number of aromatic nitrogens is 5. The molecule has 8 aliphatic rings. The summed E-state index contributed by atoms with van der Waals surface area (Å²) in [5, 5.41) is 13.4. The van der Waals surface area contributed by atoms with E-state index >= 15 is 0 Å². The highest BCUT2D eigenvalue weighted by molar-refractivity contribution is 6.35. The second-order valence-electron chi connectivity index (χ2n) is 33.8. The van der Waals surface area contributed by atoms with Crippen LogP contribution in [0.25, 0.3) is 0 Å². The molecule has 0 radical (unpaired) electrons. The first-order valence-electron chi connectivity index (χ1n) is 43.2. The van der Waals surface area contributed by atoms with Gasteiger partial charge in [-0.3, -0.25) is 34.1 Å². The largest absolute Gasteiger partial charge is 0.368 e. The number of hydrogen-bond acceptors (Lipinski definition) is 21. The number of carbonyl (C=O) groups is 4. The first-order valence-corrected chi connectivity index (χ1v) is 45.1. The van der Waals surface area contributed by atoms with Crippen molar-refractivity contribution in [1.82, 2.24) is 60.5 Å². The molecule has 0 aliphatic carbocycles. The first-order chi connectivity index (χ1) is 59.2. The average molecular weight is 1800 g/mol. The van der Waals surface area contributed by atoms with Gasteiger partial charge in [-0.1, -0.05) is 149 Å². The number of nitrogens with one attached hydrogen (secondary N) is 3. The number of nitrogens with zero attached hydrogens (tertiary/aromatic N) is 13. The summed E-state index contributed by atoms with van der Waals surface area (Å²) < 4.78 is 23.1. The van der Waals surface area contributed by atoms with Crippen molar-refractivity contribution in [3.05, 3.63) is 227 Å². The van der Waals surface area contributed by atoms with E-state index in [2.05, 4.69) is 142 Å². The molecule has 0 bridgehead atoms. The SMILES string of the molecule is C.CC(C)NCC(C(=O)N1CCN(c2ccnc3c2[C@@H](C)OC3)CC1)c1ccc(Cl)cc1.CC(C)NCC(C(=O)N1CCN(c2ccnc3c2[C@H](C)OC3)CC1)c1ccc(Cl)cc1Cl.CC(C)NCC(C(=O)N1CCN(c2ncnc3c2C(C)OC3)[C@@H](C)C1)c1ccc(Cl)cc1.C[C@H]1OCc2nccc(N3CCN(C(=O)[C@H](N)Cc4ccc(Cl)cc4)CC3)c21. The molecule has 5 N–H and O–H groups in total. The van der Waals surface area contributed by atoms with Crippen molar-refractivity contribution < 1.29 is 38.1 Å². The fourth-order valence-corrected chi connectivity index (χ4v) is 18.4. The zero-order chi connectivity index (χ0) is 87.3. The summed E-state index contributed by atoms with van der Waals surface area (Å²) in [5.74, 6) is 0.547. The van der Waals surface area contributed by atoms with Gasteiger partial charge in [-0.05, 0) is 130 Å². The molecule has 666 valence electrons. The van der Waals surface area contributed by atoms with E-state index in [-0.39, 0.29) is 85.3 Å². The number of nitrogens with two attached hydrogens (primary N) is 1. The van der Waals surface area contributed by atoms with Crippen LogP contribution in [0.1, 0.15) is 193 Å². The minimum atomic E-state index is -0.536. The molecule has 124 heavy (non-hydrogen) atoms. The predicted molar refractivity (Wildman–Crippen MR) is 494 cm³/mol. The Morgan fingerprint density at radius 3 is 1.15 bits per heavy atom. The van der Waals surface area contributed by atoms with E-state index in [1.54, 1.807) is 18.5 Å². The number of halogens is 5. The van der Waals surface area contributed by atoms with Gasteiger partial charge < -0.3 is 79.8 Å². The highest BCUT2D eigenvalue weighted by Gasteiger charge is 2.39. The molecule has 4 saturated heterocycles. The predicted octanol–water partition coefficient (Wildman–Crippen LogP) is 14.9. The van der Waals surface area contributed by atoms with E-state index in [1.165, 1.54) is 33.8 Å². The summed E-state index contributed by atoms with van der Waals surface area (Å²) in [7, 11) is 0. The Hall–Kier alpha value is -8.38. The van der Waals surface area contributed by atoms with Gasteiger partial charge in [0.2, 0.25) is 23.6 Å². The van der Waals surface area contributed by atoms with Gasteiger partial charge in [0.25, 0.3) is 0 Å². The van der Waals surface area contributed by atoms with E-state index < -0.39 is 6.04 Å². The molecule has 4 fully saturated rings. The van der Waals surface area contributed by atoms with E-state index in [0.717, 1.165) is 102 Å². The lowest BCUT2D eigenvalue weighted by Gasteiger charge is -2.42. The van der Waals surface area contributed by atoms with Crippen molar-refractivity contribution >= 4 is 105 Å². The van der Waals surface area contributed by atoms with Crippen molar-refractivity contribution in [3.8, 4) is 0 Å². The normalized spacial score (nSPS) is 20.0. The standard InChI is InChI=1S/C24H30Cl2N4O2.C24H32ClN5O2.C24H31ClN4O2.C21H25ClN4O2.CH4/c1-15(2)28-13-19(18-5-4-17(25)12-20(18)26)24(31)30-10-8-29(9-11-30)22-6-7-27-21-14-32-16(3)23(21)22;1-15(2)26-11-20(18-5-7-19(25)8-6-18)24(31)29-9-10-30(16(3)12-29)23-22-17(4)32-13-21(22)27-14-28-23;1-16(2)27-14-20(18-4-6-19(25)7-5-18)24(30)29-12-10-28(11-13-29)22-8-9-26-21-15-31-17(3)23(21)22;1-14-20-18(13-28-14)24-7-6-19(20)25-8-10-26(11-9-25)21(27)17(23)12-15-2-4-16(22)5-3-15;/h4-7,12,15-16,19,28H,8-11,13-14H2,1-3H3;5-8,14-17,20,26H,9-13H2,1-4H3;4-9,16-17,20,27H,10-15H2,1-3H3;2-7,14,17H,8-13,23H2,1H3;1H4/t16-,19?;16-,17?,20?;17-,20?;14-,17-;/m0011./s1. The van der Waals surface area contributed by atoms with Crippen LogP contribution in [0, 0.1) is 0 Å². The third kappa shape index (κ3) is 23.3. The van der Waals surface area contributed by atoms with Gasteiger partial charge in [0.05, 0.1) is 97.4 Å². The molecule has 0 spiro atoms. The van der Waals surface area contributed by atoms with Gasteiger partial charge in [0.1, 0.15) is 12.1 Å². The summed E-state index contributed by atoms with van der Waals surface area (Å²) in [6, 6.07) is 34.8. The smallest absolute Gasteiger partial charge is 0.239 e. The molecule has 30 heteroatoms. The minimum Gasteiger partial charge on any atom is -0.368 e. The summed E-state index contributed by atoms with van der Waals surface area (Å²) in [6.07, 6.45) is 7.86. The molecule has 25 nitrogen and oxygen atoms in total. The van der Waals surface area contributed by atoms with E-state index in [4.69, 9.17) is 82.7 Å². The summed E-state index contributed by atoms with van der Waals surface area (Å²) >= 11 is 30.6. The maximum atomic E-state index is 13.6. The van der Waals surface area contributed by atoms with Crippen LogP contribution in [0.15, 0.2) is 134 Å². The Bertz CT molecular complexity index is 4900. The number of fused-ring (bicyclic) bond motifs is 4. The number of rotatable bonds is 22. The molecular formula is C94H122Cl5N17O8. The molecule has 9 atom stereocenters. The lowest BCUT2D eigenvalue weighted by atomic mass is 9.96. The zero-order valence-electron chi connectivity index (χ0n) is 72.4. The third-order valence-electron chi connectivity index (χ3n) is 24.3. The highest BCUT2D eigenvalue weighted by Crippen LogP contribution is 2.42. The van der Waals surface area contributed by atoms with Crippen molar-refractivity contribution in [1.29, 1.82) is 0 Å². The number of pyridine rings is 3. The van der Waals surface area contributed by atoms with Crippen molar-refractivity contribution in [2.75, 3.05) is 137 Å². The minimum absolute atomic E-state index is 0. The van der Waals surface area contributed by atoms with Crippen molar-refractivity contribution in [2.24, 2.45) is 5.73 Å². The quantitative estimate of drug-likeness (QED) is 0.0492. The summed E-state index contributed by atoms with van der Waals surface area (Å²) in [4.78, 5) is 92.9. The summed E-state index contributed by atoms with van der Waals surface area (Å²) in [5.41, 5.74) is 22.2. The molecule has 4 aromatic heterocycles. The van der Waals surface area contributed by atoms with Gasteiger partial charge in [0, 0.05) is 225 Å². The first kappa shape index (κ1) is 94.7. The zero-order valence-corrected chi connectivity index (χ0v) is 76.2. The number of piperazine rings is 4. The van der Waals surface area contributed by atoms with Crippen LogP contribution in [-0.4, -0.2) is 216 Å². The topological polar surface area (TPSA) is 258 Å². The number of anilines is 4. The van der Waals surface area contributed by atoms with Crippen LogP contribution in [0.2, 0.25) is 25.1 Å². The van der Waals surface area contributed by atoms with Crippen LogP contribution >= 0.6 is 58.0 Å². The molecule has 4 amide bonds. The van der Waals surface area contributed by atoms with Crippen LogP contribution in [-0.2, 0) is 71.0 Å². The Kier molecular flexibility index (Phi) is 33.5. The lowest BCUT2D eigenvalue weighted by Crippen LogP contribution is -2.55. The summed E-state index contributed by atoms with van der Waals surface area (Å²) in [6.45, 7) is 37.7. The highest BCUT2D eigenvalue weighted by atomic mass is 35.5. The second-order valence-corrected chi connectivity index (χ2v) is 35.9. The Balaban J connectivity index is 0.000000151. The Morgan fingerprint density at radius 2 is 0.758 bits per heavy atom. The number of amides is 4. The Morgan fingerprint density at radius 1 is 0.411 bits per heavy atom. The third-order valence-corrected chi connectivity index (χ3v) is 25.6.